The van der Waals surface area contributed by atoms with Crippen molar-refractivity contribution in [1.82, 2.24) is 14.9 Å². The highest BCUT2D eigenvalue weighted by atomic mass is 32.2. The highest BCUT2D eigenvalue weighted by Gasteiger charge is 2.29. The number of rotatable bonds is 4. The minimum Gasteiger partial charge on any atom is -0.332 e. The average Bonchev–Trinajstić information content (AvgIpc) is 3.01. The van der Waals surface area contributed by atoms with Crippen molar-refractivity contribution in [3.05, 3.63) is 34.8 Å². The van der Waals surface area contributed by atoms with Crippen molar-refractivity contribution in [1.29, 1.82) is 0 Å². The van der Waals surface area contributed by atoms with E-state index < -0.39 is 9.84 Å². The summed E-state index contributed by atoms with van der Waals surface area (Å²) in [6, 6.07) is 0. The van der Waals surface area contributed by atoms with Gasteiger partial charge in [0.2, 0.25) is 5.91 Å². The van der Waals surface area contributed by atoms with Crippen molar-refractivity contribution in [2.45, 2.75) is 39.8 Å². The van der Waals surface area contributed by atoms with Crippen molar-refractivity contribution in [2.75, 3.05) is 5.75 Å². The molecule has 0 spiro atoms. The summed E-state index contributed by atoms with van der Waals surface area (Å²) in [4.78, 5) is 23.1. The van der Waals surface area contributed by atoms with Gasteiger partial charge in [0, 0.05) is 42.5 Å². The predicted octanol–water partition coefficient (Wildman–Crippen LogP) is 1.47. The molecule has 1 amide bonds. The van der Waals surface area contributed by atoms with Crippen LogP contribution in [0.2, 0.25) is 0 Å². The minimum absolute atomic E-state index is 0.0276. The third kappa shape index (κ3) is 3.77. The molecule has 3 rings (SSSR count). The van der Waals surface area contributed by atoms with Crippen molar-refractivity contribution >= 4 is 15.7 Å². The molecule has 1 aromatic heterocycles. The second-order valence-electron chi connectivity index (χ2n) is 6.73. The third-order valence-electron chi connectivity index (χ3n) is 4.09. The first-order valence-electron chi connectivity index (χ1n) is 7.85. The van der Waals surface area contributed by atoms with Crippen LogP contribution in [0.25, 0.3) is 0 Å². The fraction of sp³-hybridized carbons (Fsp3) is 0.562. The minimum atomic E-state index is -3.11. The van der Waals surface area contributed by atoms with E-state index in [-0.39, 0.29) is 24.0 Å². The number of aromatic nitrogens is 2. The SMILES string of the molecule is CC(C)Cc1ncc2c(n1)CN(C(=O)C[C@H]1C=CS(=O)(=O)C1)C2. The zero-order valence-electron chi connectivity index (χ0n) is 13.4. The zero-order chi connectivity index (χ0) is 16.6. The molecule has 0 aliphatic carbocycles. The molecule has 2 aliphatic rings. The molecule has 0 unspecified atom stereocenters. The standard InChI is InChI=1S/C16H21N3O3S/c1-11(2)5-15-17-7-13-8-19(9-14(13)18-15)16(20)6-12-3-4-23(21,22)10-12/h3-4,7,11-12H,5-6,8-10H2,1-2H3/t12-/m1/s1. The molecule has 0 fully saturated rings. The van der Waals surface area contributed by atoms with Crippen LogP contribution >= 0.6 is 0 Å². The van der Waals surface area contributed by atoms with E-state index in [1.165, 1.54) is 5.41 Å². The number of allylic oxidation sites excluding steroid dienone is 1. The van der Waals surface area contributed by atoms with Crippen molar-refractivity contribution in [3.63, 3.8) is 0 Å². The molecule has 7 heteroatoms. The smallest absolute Gasteiger partial charge is 0.223 e. The molecule has 1 aromatic rings. The molecular weight excluding hydrogens is 314 g/mol. The van der Waals surface area contributed by atoms with Crippen LogP contribution in [0.1, 0.15) is 37.4 Å². The Labute approximate surface area is 136 Å². The van der Waals surface area contributed by atoms with Gasteiger partial charge in [-0.15, -0.1) is 0 Å². The van der Waals surface area contributed by atoms with Crippen LogP contribution in [0.4, 0.5) is 0 Å². The van der Waals surface area contributed by atoms with Crippen LogP contribution in [0, 0.1) is 11.8 Å². The van der Waals surface area contributed by atoms with E-state index in [1.807, 2.05) is 6.20 Å². The molecule has 0 radical (unpaired) electrons. The van der Waals surface area contributed by atoms with Crippen molar-refractivity contribution < 1.29 is 13.2 Å². The monoisotopic (exact) mass is 335 g/mol. The van der Waals surface area contributed by atoms with Gasteiger partial charge in [-0.1, -0.05) is 19.9 Å². The van der Waals surface area contributed by atoms with Crippen LogP contribution in [-0.4, -0.2) is 34.9 Å². The fourth-order valence-electron chi connectivity index (χ4n) is 2.96. The lowest BCUT2D eigenvalue weighted by atomic mass is 10.1. The molecule has 0 bridgehead atoms. The Bertz CT molecular complexity index is 756. The molecule has 2 aliphatic heterocycles. The van der Waals surface area contributed by atoms with Gasteiger partial charge in [-0.25, -0.2) is 18.4 Å². The van der Waals surface area contributed by atoms with E-state index in [0.717, 1.165) is 23.5 Å². The van der Waals surface area contributed by atoms with Gasteiger partial charge in [0.05, 0.1) is 18.0 Å². The maximum atomic E-state index is 12.4. The number of carbonyl (C=O) groups excluding carboxylic acids is 1. The Hall–Kier alpha value is -1.76. The first kappa shape index (κ1) is 16.1. The first-order valence-corrected chi connectivity index (χ1v) is 9.56. The van der Waals surface area contributed by atoms with Gasteiger partial charge in [-0.3, -0.25) is 4.79 Å². The molecule has 6 nitrogen and oxygen atoms in total. The normalized spacial score (nSPS) is 21.9. The second-order valence-corrected chi connectivity index (χ2v) is 8.66. The lowest BCUT2D eigenvalue weighted by molar-refractivity contribution is -0.132. The molecular formula is C16H21N3O3S. The van der Waals surface area contributed by atoms with Crippen molar-refractivity contribution in [2.24, 2.45) is 11.8 Å². The van der Waals surface area contributed by atoms with Crippen molar-refractivity contribution in [3.8, 4) is 0 Å². The summed E-state index contributed by atoms with van der Waals surface area (Å²) in [5, 5.41) is 1.22. The predicted molar refractivity (Wildman–Crippen MR) is 85.9 cm³/mol. The van der Waals surface area contributed by atoms with Gasteiger partial charge in [-0.05, 0) is 5.92 Å². The number of amides is 1. The Morgan fingerprint density at radius 1 is 1.39 bits per heavy atom. The Morgan fingerprint density at radius 2 is 2.17 bits per heavy atom. The Balaban J connectivity index is 1.63. The lowest BCUT2D eigenvalue weighted by Crippen LogP contribution is -2.27. The maximum absolute atomic E-state index is 12.4. The van der Waals surface area contributed by atoms with E-state index in [9.17, 15) is 13.2 Å². The van der Waals surface area contributed by atoms with Gasteiger partial charge >= 0.3 is 0 Å². The molecule has 0 saturated heterocycles. The summed E-state index contributed by atoms with van der Waals surface area (Å²) in [5.41, 5.74) is 1.90. The van der Waals surface area contributed by atoms with Crippen LogP contribution < -0.4 is 0 Å². The van der Waals surface area contributed by atoms with Crippen LogP contribution in [0.15, 0.2) is 17.7 Å². The fourth-order valence-corrected chi connectivity index (χ4v) is 4.35. The highest BCUT2D eigenvalue weighted by Crippen LogP contribution is 2.25. The van der Waals surface area contributed by atoms with Crippen LogP contribution in [-0.2, 0) is 34.1 Å². The Morgan fingerprint density at radius 3 is 2.83 bits per heavy atom. The number of nitrogens with zero attached hydrogens (tertiary/aromatic N) is 3. The number of carbonyl (C=O) groups is 1. The molecule has 0 saturated carbocycles. The van der Waals surface area contributed by atoms with E-state index in [0.29, 0.717) is 19.0 Å². The molecule has 23 heavy (non-hydrogen) atoms. The third-order valence-corrected chi connectivity index (χ3v) is 5.56. The summed E-state index contributed by atoms with van der Waals surface area (Å²) in [5.74, 6) is 1.11. The van der Waals surface area contributed by atoms with Gasteiger partial charge < -0.3 is 4.90 Å². The summed E-state index contributed by atoms with van der Waals surface area (Å²) in [7, 11) is -3.11. The molecule has 0 aromatic carbocycles. The summed E-state index contributed by atoms with van der Waals surface area (Å²) in [6.07, 6.45) is 4.49. The van der Waals surface area contributed by atoms with Gasteiger partial charge in [0.25, 0.3) is 0 Å². The van der Waals surface area contributed by atoms with E-state index in [2.05, 4.69) is 23.8 Å². The first-order chi connectivity index (χ1) is 10.8. The average molecular weight is 335 g/mol. The van der Waals surface area contributed by atoms with Crippen LogP contribution in [0.5, 0.6) is 0 Å². The summed E-state index contributed by atoms with van der Waals surface area (Å²) >= 11 is 0. The molecule has 0 N–H and O–H groups in total. The second kappa shape index (κ2) is 6.03. The topological polar surface area (TPSA) is 80.2 Å². The van der Waals surface area contributed by atoms with Crippen LogP contribution in [0.3, 0.4) is 0 Å². The number of hydrogen-bond donors (Lipinski definition) is 0. The van der Waals surface area contributed by atoms with Gasteiger partial charge in [0.15, 0.2) is 9.84 Å². The van der Waals surface area contributed by atoms with E-state index in [1.54, 1.807) is 11.0 Å². The lowest BCUT2D eigenvalue weighted by Gasteiger charge is -2.16. The quantitative estimate of drug-likeness (QED) is 0.832. The largest absolute Gasteiger partial charge is 0.332 e. The summed E-state index contributed by atoms with van der Waals surface area (Å²) < 4.78 is 22.8. The number of hydrogen-bond acceptors (Lipinski definition) is 5. The van der Waals surface area contributed by atoms with Gasteiger partial charge in [0.1, 0.15) is 5.82 Å². The Kier molecular flexibility index (Phi) is 4.23. The highest BCUT2D eigenvalue weighted by molar-refractivity contribution is 7.94. The maximum Gasteiger partial charge on any atom is 0.223 e. The van der Waals surface area contributed by atoms with E-state index in [4.69, 9.17) is 0 Å². The molecule has 1 atom stereocenters. The number of sulfone groups is 1. The molecule has 124 valence electrons. The van der Waals surface area contributed by atoms with Gasteiger partial charge in [-0.2, -0.15) is 0 Å². The summed E-state index contributed by atoms with van der Waals surface area (Å²) in [6.45, 7) is 5.25. The number of fused-ring (bicyclic) bond motifs is 1. The molecule has 3 heterocycles. The zero-order valence-corrected chi connectivity index (χ0v) is 14.2. The van der Waals surface area contributed by atoms with E-state index >= 15 is 0 Å².